The average Bonchev–Trinajstić information content (AvgIpc) is 2.03. The van der Waals surface area contributed by atoms with Crippen molar-refractivity contribution >= 4 is 0 Å². The van der Waals surface area contributed by atoms with Crippen LogP contribution in [0, 0.1) is 6.92 Å². The number of hydrogen-bond acceptors (Lipinski definition) is 3. The van der Waals surface area contributed by atoms with Gasteiger partial charge in [0.2, 0.25) is 0 Å². The van der Waals surface area contributed by atoms with E-state index in [1.165, 1.54) is 0 Å². The Balaban J connectivity index is 2.69. The summed E-state index contributed by atoms with van der Waals surface area (Å²) < 4.78 is 9.93. The van der Waals surface area contributed by atoms with E-state index in [-0.39, 0.29) is 6.61 Å². The Bertz CT molecular complexity index is 58.4. The molecule has 3 nitrogen and oxygen atoms in total. The molecule has 11 heavy (non-hydrogen) atoms. The van der Waals surface area contributed by atoms with Gasteiger partial charge in [-0.25, -0.2) is 0 Å². The molecule has 0 rings (SSSR count). The lowest BCUT2D eigenvalue weighted by Gasteiger charge is -2.02. The maximum Gasteiger partial charge on any atom is 0.146 e. The smallest absolute Gasteiger partial charge is 0.146 e. The largest absolute Gasteiger partial charge is 0.396 e. The highest BCUT2D eigenvalue weighted by atomic mass is 16.7. The molecular weight excluding hydrogens is 144 g/mol. The van der Waals surface area contributed by atoms with E-state index in [0.29, 0.717) is 20.0 Å². The van der Waals surface area contributed by atoms with Crippen molar-refractivity contribution in [3.8, 4) is 0 Å². The monoisotopic (exact) mass is 161 g/mol. The summed E-state index contributed by atoms with van der Waals surface area (Å²) in [6.45, 7) is 5.27. The van der Waals surface area contributed by atoms with Crippen LogP contribution in [0.2, 0.25) is 0 Å². The van der Waals surface area contributed by atoms with E-state index in [2.05, 4.69) is 6.92 Å². The number of aliphatic hydroxyl groups is 1. The first-order valence-corrected chi connectivity index (χ1v) is 3.97. The van der Waals surface area contributed by atoms with Crippen LogP contribution in [0.5, 0.6) is 0 Å². The van der Waals surface area contributed by atoms with E-state index in [1.807, 2.05) is 0 Å². The van der Waals surface area contributed by atoms with Gasteiger partial charge in [-0.15, -0.1) is 0 Å². The molecule has 0 saturated carbocycles. The minimum absolute atomic E-state index is 0.273. The van der Waals surface area contributed by atoms with E-state index in [4.69, 9.17) is 14.6 Å². The van der Waals surface area contributed by atoms with E-state index in [9.17, 15) is 0 Å². The lowest BCUT2D eigenvalue weighted by Crippen LogP contribution is -2.01. The first kappa shape index (κ1) is 10.9. The predicted octanol–water partition coefficient (Wildman–Crippen LogP) is 0.974. The molecule has 0 bridgehead atoms. The van der Waals surface area contributed by atoms with E-state index < -0.39 is 0 Å². The summed E-state index contributed by atoms with van der Waals surface area (Å²) in [5.74, 6) is 0. The standard InChI is InChI=1S/C8H17O3/c1-2-10-8-11-7-5-3-4-6-9/h9H,1-8H2. The third-order valence-corrected chi connectivity index (χ3v) is 1.26. The van der Waals surface area contributed by atoms with Crippen LogP contribution in [-0.2, 0) is 9.47 Å². The van der Waals surface area contributed by atoms with Gasteiger partial charge in [0.05, 0.1) is 0 Å². The summed E-state index contributed by atoms with van der Waals surface area (Å²) in [5, 5.41) is 8.43. The highest BCUT2D eigenvalue weighted by Gasteiger charge is 1.88. The Kier molecular flexibility index (Phi) is 9.77. The number of rotatable bonds is 8. The van der Waals surface area contributed by atoms with Crippen LogP contribution in [0.4, 0.5) is 0 Å². The normalized spacial score (nSPS) is 10.4. The summed E-state index contributed by atoms with van der Waals surface area (Å²) in [4.78, 5) is 0. The molecule has 0 aromatic carbocycles. The van der Waals surface area contributed by atoms with Crippen molar-refractivity contribution < 1.29 is 14.6 Å². The molecule has 0 aromatic rings. The van der Waals surface area contributed by atoms with Crippen LogP contribution in [0.3, 0.4) is 0 Å². The van der Waals surface area contributed by atoms with Gasteiger partial charge in [0.25, 0.3) is 0 Å². The third-order valence-electron chi connectivity index (χ3n) is 1.26. The molecule has 0 aromatic heterocycles. The Labute approximate surface area is 68.3 Å². The molecule has 0 spiro atoms. The van der Waals surface area contributed by atoms with Crippen LogP contribution in [0.1, 0.15) is 19.3 Å². The quantitative estimate of drug-likeness (QED) is 0.426. The molecule has 0 saturated heterocycles. The van der Waals surface area contributed by atoms with Crippen molar-refractivity contribution in [2.24, 2.45) is 0 Å². The minimum Gasteiger partial charge on any atom is -0.396 e. The molecule has 3 heteroatoms. The van der Waals surface area contributed by atoms with Gasteiger partial charge in [-0.05, 0) is 26.2 Å². The summed E-state index contributed by atoms with van der Waals surface area (Å²) in [5.41, 5.74) is 0. The van der Waals surface area contributed by atoms with Crippen molar-refractivity contribution in [2.75, 3.05) is 26.6 Å². The molecule has 1 radical (unpaired) electrons. The Morgan fingerprint density at radius 3 is 2.55 bits per heavy atom. The van der Waals surface area contributed by atoms with Crippen molar-refractivity contribution in [3.63, 3.8) is 0 Å². The van der Waals surface area contributed by atoms with Gasteiger partial charge in [-0.3, -0.25) is 0 Å². The second kappa shape index (κ2) is 9.88. The van der Waals surface area contributed by atoms with Gasteiger partial charge >= 0.3 is 0 Å². The molecule has 0 unspecified atom stereocenters. The van der Waals surface area contributed by atoms with Crippen LogP contribution in [0.25, 0.3) is 0 Å². The Morgan fingerprint density at radius 2 is 1.91 bits per heavy atom. The van der Waals surface area contributed by atoms with Crippen LogP contribution < -0.4 is 0 Å². The van der Waals surface area contributed by atoms with Gasteiger partial charge in [-0.1, -0.05) is 0 Å². The summed E-state index contributed by atoms with van der Waals surface area (Å²) in [6, 6.07) is 0. The molecule has 0 heterocycles. The molecule has 0 amide bonds. The first-order chi connectivity index (χ1) is 5.41. The number of hydrogen-bond donors (Lipinski definition) is 1. The van der Waals surface area contributed by atoms with Gasteiger partial charge in [0, 0.05) is 19.8 Å². The van der Waals surface area contributed by atoms with Crippen LogP contribution >= 0.6 is 0 Å². The highest BCUT2D eigenvalue weighted by molar-refractivity contribution is 4.37. The number of ether oxygens (including phenoxy) is 2. The van der Waals surface area contributed by atoms with Crippen molar-refractivity contribution in [3.05, 3.63) is 6.92 Å². The molecular formula is C8H17O3. The molecule has 0 aliphatic carbocycles. The zero-order chi connectivity index (χ0) is 8.36. The molecule has 0 aliphatic heterocycles. The van der Waals surface area contributed by atoms with Crippen LogP contribution in [0.15, 0.2) is 0 Å². The lowest BCUT2D eigenvalue weighted by molar-refractivity contribution is -0.0455. The lowest BCUT2D eigenvalue weighted by atomic mass is 10.2. The molecule has 0 fully saturated rings. The number of aliphatic hydroxyl groups excluding tert-OH is 1. The fourth-order valence-corrected chi connectivity index (χ4v) is 0.669. The molecule has 0 aliphatic rings. The Hall–Kier alpha value is -0.120. The van der Waals surface area contributed by atoms with Crippen molar-refractivity contribution in [1.82, 2.24) is 0 Å². The zero-order valence-electron chi connectivity index (χ0n) is 6.92. The molecule has 67 valence electrons. The summed E-state index contributed by atoms with van der Waals surface area (Å²) in [6.07, 6.45) is 2.86. The third kappa shape index (κ3) is 9.88. The van der Waals surface area contributed by atoms with Crippen molar-refractivity contribution in [2.45, 2.75) is 19.3 Å². The topological polar surface area (TPSA) is 38.7 Å². The zero-order valence-corrected chi connectivity index (χ0v) is 6.92. The van der Waals surface area contributed by atoms with Gasteiger partial charge in [-0.2, -0.15) is 0 Å². The average molecular weight is 161 g/mol. The van der Waals surface area contributed by atoms with E-state index in [0.717, 1.165) is 19.3 Å². The maximum atomic E-state index is 8.43. The SMILES string of the molecule is [CH2]COCOCCCCCO. The predicted molar refractivity (Wildman–Crippen MR) is 43.1 cm³/mol. The van der Waals surface area contributed by atoms with E-state index in [1.54, 1.807) is 0 Å². The van der Waals surface area contributed by atoms with Crippen molar-refractivity contribution in [1.29, 1.82) is 0 Å². The van der Waals surface area contributed by atoms with Gasteiger partial charge in [0.1, 0.15) is 6.79 Å². The minimum atomic E-state index is 0.273. The van der Waals surface area contributed by atoms with Gasteiger partial charge in [0.15, 0.2) is 0 Å². The maximum absolute atomic E-state index is 8.43. The Morgan fingerprint density at radius 1 is 1.09 bits per heavy atom. The second-order valence-corrected chi connectivity index (χ2v) is 2.22. The second-order valence-electron chi connectivity index (χ2n) is 2.22. The highest BCUT2D eigenvalue weighted by Crippen LogP contribution is 1.94. The van der Waals surface area contributed by atoms with Gasteiger partial charge < -0.3 is 14.6 Å². The first-order valence-electron chi connectivity index (χ1n) is 3.97. The summed E-state index contributed by atoms with van der Waals surface area (Å²) in [7, 11) is 0. The van der Waals surface area contributed by atoms with Crippen LogP contribution in [-0.4, -0.2) is 31.7 Å². The molecule has 0 atom stereocenters. The molecule has 1 N–H and O–H groups in total. The van der Waals surface area contributed by atoms with E-state index >= 15 is 0 Å². The fourth-order valence-electron chi connectivity index (χ4n) is 0.669. The summed E-state index contributed by atoms with van der Waals surface area (Å²) >= 11 is 0. The number of unbranched alkanes of at least 4 members (excludes halogenated alkanes) is 2. The fraction of sp³-hybridized carbons (Fsp3) is 0.875.